The number of rotatable bonds is 13. The van der Waals surface area contributed by atoms with Crippen LogP contribution in [0.5, 0.6) is 28.7 Å². The molecule has 0 saturated heterocycles. The van der Waals surface area contributed by atoms with Gasteiger partial charge in [0.1, 0.15) is 29.7 Å². The van der Waals surface area contributed by atoms with Crippen LogP contribution in [0.1, 0.15) is 59.2 Å². The van der Waals surface area contributed by atoms with Crippen molar-refractivity contribution in [3.05, 3.63) is 94.6 Å². The number of benzene rings is 3. The van der Waals surface area contributed by atoms with E-state index in [4.69, 9.17) is 28.7 Å². The third kappa shape index (κ3) is 6.87. The molecule has 1 unspecified atom stereocenters. The van der Waals surface area contributed by atoms with Crippen LogP contribution in [0.15, 0.2) is 66.4 Å². The van der Waals surface area contributed by atoms with Gasteiger partial charge in [-0.05, 0) is 54.3 Å². The summed E-state index contributed by atoms with van der Waals surface area (Å²) in [6.45, 7) is 4.36. The first-order chi connectivity index (χ1) is 21.7. The van der Waals surface area contributed by atoms with Gasteiger partial charge in [-0.25, -0.2) is 14.6 Å². The van der Waals surface area contributed by atoms with Crippen molar-refractivity contribution in [2.45, 2.75) is 39.2 Å². The van der Waals surface area contributed by atoms with Crippen molar-refractivity contribution in [2.24, 2.45) is 0 Å². The van der Waals surface area contributed by atoms with Crippen LogP contribution in [0.3, 0.4) is 0 Å². The number of aromatic carboxylic acids is 1. The molecule has 11 nitrogen and oxygen atoms in total. The molecule has 3 aromatic carbocycles. The smallest absolute Gasteiger partial charge is 0.335 e. The number of carboxylic acid groups (broad SMARTS) is 2. The van der Waals surface area contributed by atoms with Gasteiger partial charge in [-0.1, -0.05) is 26.0 Å². The Labute approximate surface area is 260 Å². The fourth-order valence-corrected chi connectivity index (χ4v) is 4.84. The summed E-state index contributed by atoms with van der Waals surface area (Å²) in [5, 5.41) is 19.5. The van der Waals surface area contributed by atoms with E-state index in [1.807, 2.05) is 16.8 Å². The summed E-state index contributed by atoms with van der Waals surface area (Å²) in [5.74, 6) is 0.975. The van der Waals surface area contributed by atoms with E-state index in [1.54, 1.807) is 49.6 Å². The highest BCUT2D eigenvalue weighted by Gasteiger charge is 2.22. The Morgan fingerprint density at radius 2 is 1.73 bits per heavy atom. The number of methoxy groups -OCH3 is 2. The highest BCUT2D eigenvalue weighted by atomic mass is 16.7. The summed E-state index contributed by atoms with van der Waals surface area (Å²) in [6.07, 6.45) is 4.31. The normalized spacial score (nSPS) is 12.9. The highest BCUT2D eigenvalue weighted by molar-refractivity contribution is 5.92. The van der Waals surface area contributed by atoms with Crippen molar-refractivity contribution < 1.29 is 43.5 Å². The van der Waals surface area contributed by atoms with E-state index in [0.29, 0.717) is 45.8 Å². The van der Waals surface area contributed by atoms with E-state index in [2.05, 4.69) is 13.8 Å². The Hall–Kier alpha value is -5.45. The van der Waals surface area contributed by atoms with Gasteiger partial charge < -0.3 is 33.9 Å². The molecule has 4 aromatic rings. The number of aromatic nitrogens is 2. The van der Waals surface area contributed by atoms with E-state index >= 15 is 0 Å². The topological polar surface area (TPSA) is 139 Å². The number of aliphatic carboxylic acids is 1. The molecule has 0 aliphatic carbocycles. The van der Waals surface area contributed by atoms with Gasteiger partial charge in [0.25, 0.3) is 0 Å². The molecule has 0 amide bonds. The Balaban J connectivity index is 1.55. The molecule has 0 bridgehead atoms. The van der Waals surface area contributed by atoms with E-state index in [0.717, 1.165) is 17.7 Å². The largest absolute Gasteiger partial charge is 0.497 e. The fraction of sp³-hybridized carbons (Fsp3) is 0.265. The third-order valence-corrected chi connectivity index (χ3v) is 7.63. The number of ether oxygens (including phenoxy) is 5. The molecule has 1 aromatic heterocycles. The molecule has 11 heteroatoms. The standard InChI is InChI=1S/C34H34N2O9/c1-5-20(2)26-17-36(27-11-10-25(41-3)15-29(27)43-18-21-6-8-22(9-7-21)33(37)38)32(35-26)14-24(34(39)40)12-23-13-30-31(45-19-44-30)16-28(23)42-4/h6-11,13-17,20H,5,12,18-19H2,1-4H3,(H,37,38)(H,39,40). The minimum atomic E-state index is -1.11. The molecular formula is C34H34N2O9. The van der Waals surface area contributed by atoms with Crippen LogP contribution < -0.4 is 23.7 Å². The van der Waals surface area contributed by atoms with Crippen LogP contribution in [0.4, 0.5) is 0 Å². The second-order valence-corrected chi connectivity index (χ2v) is 10.5. The summed E-state index contributed by atoms with van der Waals surface area (Å²) in [5.41, 5.74) is 3.07. The minimum Gasteiger partial charge on any atom is -0.497 e. The van der Waals surface area contributed by atoms with Crippen molar-refractivity contribution >= 4 is 18.0 Å². The SMILES string of the molecule is CCC(C)c1cn(-c2ccc(OC)cc2OCc2ccc(C(=O)O)cc2)c(C=C(Cc2cc3c(cc2OC)OCO3)C(=O)O)n1. The first-order valence-electron chi connectivity index (χ1n) is 14.3. The number of carbonyl (C=O) groups is 2. The lowest BCUT2D eigenvalue weighted by atomic mass is 10.0. The number of fused-ring (bicyclic) bond motifs is 1. The Bertz CT molecular complexity index is 1740. The predicted octanol–water partition coefficient (Wildman–Crippen LogP) is 6.12. The van der Waals surface area contributed by atoms with Crippen LogP contribution in [0.2, 0.25) is 0 Å². The Morgan fingerprint density at radius 3 is 2.38 bits per heavy atom. The summed E-state index contributed by atoms with van der Waals surface area (Å²) in [6, 6.07) is 15.2. The van der Waals surface area contributed by atoms with Crippen LogP contribution in [0.25, 0.3) is 11.8 Å². The Morgan fingerprint density at radius 1 is 1.00 bits per heavy atom. The average Bonchev–Trinajstić information content (AvgIpc) is 3.69. The van der Waals surface area contributed by atoms with Crippen molar-refractivity contribution in [3.8, 4) is 34.4 Å². The number of hydrogen-bond donors (Lipinski definition) is 2. The number of imidazole rings is 1. The molecule has 1 aliphatic rings. The van der Waals surface area contributed by atoms with Gasteiger partial charge in [0.15, 0.2) is 11.5 Å². The molecule has 5 rings (SSSR count). The molecule has 2 heterocycles. The molecule has 1 atom stereocenters. The molecular weight excluding hydrogens is 580 g/mol. The van der Waals surface area contributed by atoms with Gasteiger partial charge in [0.2, 0.25) is 6.79 Å². The second-order valence-electron chi connectivity index (χ2n) is 10.5. The zero-order valence-electron chi connectivity index (χ0n) is 25.4. The number of nitrogens with zero attached hydrogens (tertiary/aromatic N) is 2. The minimum absolute atomic E-state index is 0.0407. The maximum Gasteiger partial charge on any atom is 0.335 e. The maximum atomic E-state index is 12.6. The highest BCUT2D eigenvalue weighted by Crippen LogP contribution is 2.39. The van der Waals surface area contributed by atoms with Gasteiger partial charge in [0.05, 0.1) is 31.2 Å². The van der Waals surface area contributed by atoms with Crippen LogP contribution in [-0.4, -0.2) is 52.7 Å². The summed E-state index contributed by atoms with van der Waals surface area (Å²) in [4.78, 5) is 28.7. The van der Waals surface area contributed by atoms with Gasteiger partial charge in [-0.3, -0.25) is 4.57 Å². The van der Waals surface area contributed by atoms with E-state index in [-0.39, 0.29) is 36.9 Å². The van der Waals surface area contributed by atoms with Crippen molar-refractivity contribution in [1.82, 2.24) is 9.55 Å². The summed E-state index contributed by atoms with van der Waals surface area (Å²) >= 11 is 0. The first-order valence-corrected chi connectivity index (χ1v) is 14.3. The molecule has 0 radical (unpaired) electrons. The first kappa shape index (κ1) is 31.0. The zero-order chi connectivity index (χ0) is 32.1. The molecule has 2 N–H and O–H groups in total. The van der Waals surface area contributed by atoms with Crippen LogP contribution in [-0.2, 0) is 17.8 Å². The number of carboxylic acids is 2. The molecule has 0 saturated carbocycles. The van der Waals surface area contributed by atoms with Crippen molar-refractivity contribution in [2.75, 3.05) is 21.0 Å². The molecule has 1 aliphatic heterocycles. The lowest BCUT2D eigenvalue weighted by molar-refractivity contribution is -0.132. The quantitative estimate of drug-likeness (QED) is 0.169. The summed E-state index contributed by atoms with van der Waals surface area (Å²) in [7, 11) is 3.07. The van der Waals surface area contributed by atoms with Gasteiger partial charge in [0, 0.05) is 35.9 Å². The third-order valence-electron chi connectivity index (χ3n) is 7.63. The van der Waals surface area contributed by atoms with Crippen LogP contribution in [0, 0.1) is 0 Å². The average molecular weight is 615 g/mol. The molecule has 234 valence electrons. The van der Waals surface area contributed by atoms with Gasteiger partial charge >= 0.3 is 11.9 Å². The number of hydrogen-bond acceptors (Lipinski definition) is 8. The van der Waals surface area contributed by atoms with E-state index in [1.165, 1.54) is 19.2 Å². The van der Waals surface area contributed by atoms with Crippen molar-refractivity contribution in [3.63, 3.8) is 0 Å². The summed E-state index contributed by atoms with van der Waals surface area (Å²) < 4.78 is 30.0. The van der Waals surface area contributed by atoms with E-state index in [9.17, 15) is 19.8 Å². The van der Waals surface area contributed by atoms with Gasteiger partial charge in [-0.15, -0.1) is 0 Å². The Kier molecular flexibility index (Phi) is 9.27. The monoisotopic (exact) mass is 614 g/mol. The lowest BCUT2D eigenvalue weighted by Gasteiger charge is -2.15. The molecule has 0 spiro atoms. The zero-order valence-corrected chi connectivity index (χ0v) is 25.4. The molecule has 0 fully saturated rings. The fourth-order valence-electron chi connectivity index (χ4n) is 4.84. The van der Waals surface area contributed by atoms with Crippen LogP contribution >= 0.6 is 0 Å². The predicted molar refractivity (Wildman–Crippen MR) is 165 cm³/mol. The lowest BCUT2D eigenvalue weighted by Crippen LogP contribution is -2.07. The molecule has 45 heavy (non-hydrogen) atoms. The second kappa shape index (κ2) is 13.5. The van der Waals surface area contributed by atoms with Crippen molar-refractivity contribution in [1.29, 1.82) is 0 Å². The van der Waals surface area contributed by atoms with Gasteiger partial charge in [-0.2, -0.15) is 0 Å². The van der Waals surface area contributed by atoms with E-state index < -0.39 is 11.9 Å². The maximum absolute atomic E-state index is 12.6.